The number of methoxy groups -OCH3 is 1. The third-order valence-corrected chi connectivity index (χ3v) is 5.97. The van der Waals surface area contributed by atoms with E-state index in [9.17, 15) is 12.8 Å². The van der Waals surface area contributed by atoms with Gasteiger partial charge in [0.1, 0.15) is 16.5 Å². The fourth-order valence-electron chi connectivity index (χ4n) is 2.36. The number of benzene rings is 1. The van der Waals surface area contributed by atoms with E-state index < -0.39 is 15.8 Å². The van der Waals surface area contributed by atoms with Gasteiger partial charge in [-0.05, 0) is 40.9 Å². The molecule has 0 spiro atoms. The maximum atomic E-state index is 13.7. The summed E-state index contributed by atoms with van der Waals surface area (Å²) in [5.74, 6) is -0.534. The molecular formula is C12H16BrFN2O3S. The number of nitrogens with zero attached hydrogens (tertiary/aromatic N) is 1. The second-order valence-corrected chi connectivity index (χ2v) is 7.28. The molecule has 5 nitrogen and oxygen atoms in total. The average Bonchev–Trinajstić information content (AvgIpc) is 2.90. The Balaban J connectivity index is 2.51. The number of nitrogens with two attached hydrogens (primary N) is 1. The van der Waals surface area contributed by atoms with E-state index in [4.69, 9.17) is 10.5 Å². The molecule has 0 radical (unpaired) electrons. The Labute approximate surface area is 126 Å². The molecule has 112 valence electrons. The normalized spacial score (nSPS) is 20.3. The van der Waals surface area contributed by atoms with Crippen LogP contribution in [0.15, 0.2) is 21.5 Å². The van der Waals surface area contributed by atoms with Crippen LogP contribution in [0, 0.1) is 5.82 Å². The smallest absolute Gasteiger partial charge is 0.247 e. The SMILES string of the molecule is COc1cc(Br)c(F)cc1S(=O)(=O)N1CCCC1CN. The minimum atomic E-state index is -3.81. The highest BCUT2D eigenvalue weighted by Gasteiger charge is 2.36. The number of sulfonamides is 1. The van der Waals surface area contributed by atoms with Crippen molar-refractivity contribution in [2.45, 2.75) is 23.8 Å². The molecule has 1 atom stereocenters. The summed E-state index contributed by atoms with van der Waals surface area (Å²) < 4.78 is 45.5. The molecular weight excluding hydrogens is 351 g/mol. The van der Waals surface area contributed by atoms with Crippen molar-refractivity contribution in [2.24, 2.45) is 5.73 Å². The van der Waals surface area contributed by atoms with Gasteiger partial charge in [0.05, 0.1) is 11.6 Å². The lowest BCUT2D eigenvalue weighted by atomic mass is 10.2. The monoisotopic (exact) mass is 366 g/mol. The van der Waals surface area contributed by atoms with Crippen molar-refractivity contribution in [3.05, 3.63) is 22.4 Å². The quantitative estimate of drug-likeness (QED) is 0.880. The molecule has 0 bridgehead atoms. The van der Waals surface area contributed by atoms with Crippen LogP contribution in [0.4, 0.5) is 4.39 Å². The van der Waals surface area contributed by atoms with E-state index in [2.05, 4.69) is 15.9 Å². The highest BCUT2D eigenvalue weighted by molar-refractivity contribution is 9.10. The number of ether oxygens (including phenoxy) is 1. The lowest BCUT2D eigenvalue weighted by molar-refractivity contribution is 0.377. The molecule has 1 saturated heterocycles. The zero-order valence-electron chi connectivity index (χ0n) is 11.0. The Bertz CT molecular complexity index is 609. The fourth-order valence-corrected chi connectivity index (χ4v) is 4.54. The minimum Gasteiger partial charge on any atom is -0.495 e. The molecule has 20 heavy (non-hydrogen) atoms. The van der Waals surface area contributed by atoms with E-state index in [0.29, 0.717) is 6.54 Å². The molecule has 1 aliphatic rings. The summed E-state index contributed by atoms with van der Waals surface area (Å²) in [7, 11) is -2.46. The molecule has 0 aromatic heterocycles. The molecule has 0 saturated carbocycles. The van der Waals surface area contributed by atoms with Gasteiger partial charge in [-0.15, -0.1) is 0 Å². The molecule has 0 amide bonds. The predicted octanol–water partition coefficient (Wildman–Crippen LogP) is 1.71. The van der Waals surface area contributed by atoms with E-state index in [1.54, 1.807) is 0 Å². The van der Waals surface area contributed by atoms with Gasteiger partial charge in [-0.3, -0.25) is 0 Å². The zero-order valence-corrected chi connectivity index (χ0v) is 13.4. The summed E-state index contributed by atoms with van der Waals surface area (Å²) in [4.78, 5) is -0.166. The van der Waals surface area contributed by atoms with Crippen LogP contribution in [0.3, 0.4) is 0 Å². The van der Waals surface area contributed by atoms with Gasteiger partial charge in [-0.2, -0.15) is 4.31 Å². The van der Waals surface area contributed by atoms with Gasteiger partial charge < -0.3 is 10.5 Å². The summed E-state index contributed by atoms with van der Waals surface area (Å²) in [5.41, 5.74) is 5.60. The Morgan fingerprint density at radius 1 is 1.55 bits per heavy atom. The van der Waals surface area contributed by atoms with E-state index in [-0.39, 0.29) is 27.7 Å². The van der Waals surface area contributed by atoms with Gasteiger partial charge in [0.15, 0.2) is 0 Å². The third kappa shape index (κ3) is 2.69. The summed E-state index contributed by atoms with van der Waals surface area (Å²) in [6.45, 7) is 0.644. The summed E-state index contributed by atoms with van der Waals surface area (Å²) in [6, 6.07) is 2.05. The van der Waals surface area contributed by atoms with Gasteiger partial charge >= 0.3 is 0 Å². The van der Waals surface area contributed by atoms with Crippen molar-refractivity contribution in [1.29, 1.82) is 0 Å². The number of hydrogen-bond acceptors (Lipinski definition) is 4. The molecule has 8 heteroatoms. The van der Waals surface area contributed by atoms with E-state index in [0.717, 1.165) is 18.9 Å². The van der Waals surface area contributed by atoms with Crippen LogP contribution in [-0.2, 0) is 10.0 Å². The maximum Gasteiger partial charge on any atom is 0.247 e. The number of hydrogen-bond donors (Lipinski definition) is 1. The van der Waals surface area contributed by atoms with Crippen LogP contribution in [0.2, 0.25) is 0 Å². The van der Waals surface area contributed by atoms with Crippen LogP contribution >= 0.6 is 15.9 Å². The average molecular weight is 367 g/mol. The molecule has 2 N–H and O–H groups in total. The summed E-state index contributed by atoms with van der Waals surface area (Å²) in [5, 5.41) is 0. The van der Waals surface area contributed by atoms with Crippen LogP contribution in [0.5, 0.6) is 5.75 Å². The Kier molecular flexibility index (Phi) is 4.68. The molecule has 2 rings (SSSR count). The van der Waals surface area contributed by atoms with E-state index in [1.807, 2.05) is 0 Å². The molecule has 1 heterocycles. The second kappa shape index (κ2) is 5.97. The highest BCUT2D eigenvalue weighted by atomic mass is 79.9. The van der Waals surface area contributed by atoms with Gasteiger partial charge in [0, 0.05) is 19.1 Å². The van der Waals surface area contributed by atoms with Gasteiger partial charge in [0.2, 0.25) is 10.0 Å². The predicted molar refractivity (Wildman–Crippen MR) is 76.6 cm³/mol. The second-order valence-electron chi connectivity index (χ2n) is 4.56. The summed E-state index contributed by atoms with van der Waals surface area (Å²) >= 11 is 3.01. The van der Waals surface area contributed by atoms with Gasteiger partial charge in [-0.25, -0.2) is 12.8 Å². The lowest BCUT2D eigenvalue weighted by Crippen LogP contribution is -2.40. The van der Waals surface area contributed by atoms with Crippen molar-refractivity contribution >= 4 is 26.0 Å². The number of rotatable bonds is 4. The van der Waals surface area contributed by atoms with Crippen molar-refractivity contribution in [1.82, 2.24) is 4.31 Å². The van der Waals surface area contributed by atoms with E-state index in [1.165, 1.54) is 17.5 Å². The first-order valence-corrected chi connectivity index (χ1v) is 8.40. The van der Waals surface area contributed by atoms with Crippen LogP contribution in [-0.4, -0.2) is 39.0 Å². The molecule has 1 aromatic rings. The third-order valence-electron chi connectivity index (χ3n) is 3.39. The number of halogens is 2. The molecule has 1 fully saturated rings. The fraction of sp³-hybridized carbons (Fsp3) is 0.500. The molecule has 0 aliphatic carbocycles. The van der Waals surface area contributed by atoms with Gasteiger partial charge in [0.25, 0.3) is 0 Å². The molecule has 1 aromatic carbocycles. The van der Waals surface area contributed by atoms with Crippen LogP contribution in [0.1, 0.15) is 12.8 Å². The first-order chi connectivity index (χ1) is 9.41. The van der Waals surface area contributed by atoms with Crippen molar-refractivity contribution < 1.29 is 17.5 Å². The Morgan fingerprint density at radius 3 is 2.85 bits per heavy atom. The largest absolute Gasteiger partial charge is 0.495 e. The highest BCUT2D eigenvalue weighted by Crippen LogP contribution is 2.34. The standard InChI is InChI=1S/C12H16BrFN2O3S/c1-19-11-5-9(13)10(14)6-12(11)20(17,18)16-4-2-3-8(16)7-15/h5-6,8H,2-4,7,15H2,1H3. The maximum absolute atomic E-state index is 13.7. The Morgan fingerprint density at radius 2 is 2.25 bits per heavy atom. The van der Waals surface area contributed by atoms with Crippen molar-refractivity contribution in [3.63, 3.8) is 0 Å². The van der Waals surface area contributed by atoms with Crippen molar-refractivity contribution in [3.8, 4) is 5.75 Å². The topological polar surface area (TPSA) is 72.6 Å². The summed E-state index contributed by atoms with van der Waals surface area (Å²) in [6.07, 6.45) is 1.47. The first-order valence-electron chi connectivity index (χ1n) is 6.16. The van der Waals surface area contributed by atoms with E-state index >= 15 is 0 Å². The van der Waals surface area contributed by atoms with Crippen LogP contribution in [0.25, 0.3) is 0 Å². The lowest BCUT2D eigenvalue weighted by Gasteiger charge is -2.24. The van der Waals surface area contributed by atoms with Crippen LogP contribution < -0.4 is 10.5 Å². The zero-order chi connectivity index (χ0) is 14.9. The molecule has 1 aliphatic heterocycles. The van der Waals surface area contributed by atoms with Crippen molar-refractivity contribution in [2.75, 3.05) is 20.2 Å². The molecule has 1 unspecified atom stereocenters. The van der Waals surface area contributed by atoms with Gasteiger partial charge in [-0.1, -0.05) is 0 Å². The minimum absolute atomic E-state index is 0.112. The first kappa shape index (κ1) is 15.7. The Hall–Kier alpha value is -0.700.